The van der Waals surface area contributed by atoms with Gasteiger partial charge >= 0.3 is 6.03 Å². The fraction of sp³-hybridized carbons (Fsp3) is 0.222. The van der Waals surface area contributed by atoms with E-state index in [-0.39, 0.29) is 18.2 Å². The second-order valence-corrected chi connectivity index (χ2v) is 7.83. The van der Waals surface area contributed by atoms with Crippen molar-refractivity contribution in [2.75, 3.05) is 35.3 Å². The summed E-state index contributed by atoms with van der Waals surface area (Å²) in [4.78, 5) is 24.7. The number of carbonyl (C=O) groups excluding carboxylic acids is 1. The first-order valence-corrected chi connectivity index (χ1v) is 10.5. The Balaban J connectivity index is -0.00000225. The first-order chi connectivity index (χ1) is 13.7. The molecule has 2 aromatic rings. The van der Waals surface area contributed by atoms with Gasteiger partial charge in [-0.25, -0.2) is 27.9 Å². The van der Waals surface area contributed by atoms with Gasteiger partial charge in [-0.05, 0) is 24.1 Å². The Kier molecular flexibility index (Phi) is 7.39. The third kappa shape index (κ3) is 7.31. The van der Waals surface area contributed by atoms with Crippen LogP contribution < -0.4 is 20.7 Å². The largest absolute Gasteiger partial charge is 0.369 e. The zero-order valence-electron chi connectivity index (χ0n) is 16.2. The summed E-state index contributed by atoms with van der Waals surface area (Å²) in [7, 11) is -3.26. The van der Waals surface area contributed by atoms with E-state index >= 15 is 0 Å². The predicted octanol–water partition coefficient (Wildman–Crippen LogP) is 3.06. The van der Waals surface area contributed by atoms with E-state index in [1.807, 2.05) is 0 Å². The number of urea groups is 1. The predicted molar refractivity (Wildman–Crippen MR) is 124 cm³/mol. The van der Waals surface area contributed by atoms with E-state index in [9.17, 15) is 13.2 Å². The van der Waals surface area contributed by atoms with Crippen molar-refractivity contribution in [3.63, 3.8) is 0 Å². The number of nitrogens with zero attached hydrogens (tertiary/aromatic N) is 3. The van der Waals surface area contributed by atoms with E-state index in [2.05, 4.69) is 48.8 Å². The quantitative estimate of drug-likeness (QED) is 0.453. The fourth-order valence-corrected chi connectivity index (χ4v) is 2.76. The van der Waals surface area contributed by atoms with Crippen LogP contribution in [0.4, 0.5) is 22.4 Å². The lowest BCUT2D eigenvalue weighted by molar-refractivity contribution is 0.262. The lowest BCUT2D eigenvalue weighted by Crippen LogP contribution is -2.28. The minimum absolute atomic E-state index is 0. The zero-order chi connectivity index (χ0) is 21.4. The van der Waals surface area contributed by atoms with Crippen molar-refractivity contribution in [3.05, 3.63) is 48.3 Å². The van der Waals surface area contributed by atoms with E-state index in [1.54, 1.807) is 37.4 Å². The molecule has 2 amide bonds. The molecular weight excluding hydrogens is 394 g/mol. The molecule has 2 heterocycles. The minimum Gasteiger partial charge on any atom is -0.369 e. The van der Waals surface area contributed by atoms with Crippen molar-refractivity contribution in [2.24, 2.45) is 0 Å². The Morgan fingerprint density at radius 3 is 2.48 bits per heavy atom. The van der Waals surface area contributed by atoms with Gasteiger partial charge in [0.1, 0.15) is 11.6 Å². The highest BCUT2D eigenvalue weighted by Crippen LogP contribution is 2.16. The van der Waals surface area contributed by atoms with Gasteiger partial charge in [-0.2, -0.15) is 4.98 Å². The van der Waals surface area contributed by atoms with Crippen LogP contribution in [0.25, 0.3) is 12.2 Å². The molecule has 0 atom stereocenters. The standard InChI is InChI=1S/C18H23N7O3S.4H2/c1-5-13-10-16(20-11-14(13)6-2)24-18(26)25-17-22-12(3)9-15(23-17)19-7-8-21-29(4,27)28;;;;/h5-6,9-11,21H,1-2,7-8H2,3-4H3,(H3,19,20,22,23,24,25,26);4*1H. The van der Waals surface area contributed by atoms with Crippen LogP contribution >= 0.6 is 0 Å². The van der Waals surface area contributed by atoms with Crippen LogP contribution in [0.15, 0.2) is 31.5 Å². The summed E-state index contributed by atoms with van der Waals surface area (Å²) in [5, 5.41) is 8.11. The van der Waals surface area contributed by atoms with Crippen LogP contribution in [0, 0.1) is 6.92 Å². The van der Waals surface area contributed by atoms with Gasteiger partial charge in [-0.15, -0.1) is 0 Å². The molecule has 10 nitrogen and oxygen atoms in total. The van der Waals surface area contributed by atoms with Gasteiger partial charge in [0, 0.05) is 36.8 Å². The maximum absolute atomic E-state index is 12.2. The Morgan fingerprint density at radius 2 is 1.83 bits per heavy atom. The van der Waals surface area contributed by atoms with Gasteiger partial charge in [-0.3, -0.25) is 10.6 Å². The van der Waals surface area contributed by atoms with E-state index in [0.717, 1.165) is 17.4 Å². The molecule has 0 radical (unpaired) electrons. The number of hydrogen-bond donors (Lipinski definition) is 4. The molecule has 29 heavy (non-hydrogen) atoms. The topological polar surface area (TPSA) is 138 Å². The molecule has 2 aromatic heterocycles. The Hall–Kier alpha value is -3.31. The number of anilines is 3. The molecule has 0 unspecified atom stereocenters. The van der Waals surface area contributed by atoms with Crippen LogP contribution in [0.3, 0.4) is 0 Å². The number of aromatic nitrogens is 3. The maximum atomic E-state index is 12.2. The second-order valence-electron chi connectivity index (χ2n) is 6.00. The first-order valence-electron chi connectivity index (χ1n) is 8.57. The van der Waals surface area contributed by atoms with Gasteiger partial charge in [0.2, 0.25) is 16.0 Å². The maximum Gasteiger partial charge on any atom is 0.327 e. The highest BCUT2D eigenvalue weighted by Gasteiger charge is 2.09. The molecule has 11 heteroatoms. The zero-order valence-corrected chi connectivity index (χ0v) is 17.0. The molecule has 0 fully saturated rings. The molecule has 162 valence electrons. The number of amides is 2. The molecule has 0 aromatic carbocycles. The molecule has 0 saturated heterocycles. The van der Waals surface area contributed by atoms with Gasteiger partial charge in [0.15, 0.2) is 0 Å². The molecule has 4 N–H and O–H groups in total. The number of hydrogen-bond acceptors (Lipinski definition) is 7. The van der Waals surface area contributed by atoms with Crippen LogP contribution in [-0.4, -0.2) is 48.7 Å². The van der Waals surface area contributed by atoms with Crippen molar-refractivity contribution in [1.82, 2.24) is 19.7 Å². The van der Waals surface area contributed by atoms with Crippen molar-refractivity contribution in [2.45, 2.75) is 6.92 Å². The normalized spacial score (nSPS) is 10.8. The molecule has 0 aliphatic carbocycles. The summed E-state index contributed by atoms with van der Waals surface area (Å²) in [5.41, 5.74) is 2.21. The third-order valence-corrected chi connectivity index (χ3v) is 4.25. The SMILES string of the molecule is C=Cc1cnc(NC(=O)Nc2nc(C)cc(NCCNS(C)(=O)=O)n2)cc1C=C.[HH].[HH].[HH].[HH]. The van der Waals surface area contributed by atoms with E-state index < -0.39 is 16.1 Å². The Morgan fingerprint density at radius 1 is 1.10 bits per heavy atom. The highest BCUT2D eigenvalue weighted by atomic mass is 32.2. The monoisotopic (exact) mass is 425 g/mol. The van der Waals surface area contributed by atoms with Crippen LogP contribution in [0.5, 0.6) is 0 Å². The number of aryl methyl sites for hydroxylation is 1. The summed E-state index contributed by atoms with van der Waals surface area (Å²) >= 11 is 0. The smallest absolute Gasteiger partial charge is 0.327 e. The summed E-state index contributed by atoms with van der Waals surface area (Å²) in [6.45, 7) is 9.68. The van der Waals surface area contributed by atoms with E-state index in [0.29, 0.717) is 23.9 Å². The van der Waals surface area contributed by atoms with Gasteiger partial charge in [0.05, 0.1) is 6.26 Å². The Bertz CT molecular complexity index is 1040. The molecule has 0 aliphatic rings. The number of sulfonamides is 1. The summed E-state index contributed by atoms with van der Waals surface area (Å²) < 4.78 is 24.5. The fourth-order valence-electron chi connectivity index (χ4n) is 2.29. The van der Waals surface area contributed by atoms with E-state index in [4.69, 9.17) is 0 Å². The van der Waals surface area contributed by atoms with Crippen molar-refractivity contribution < 1.29 is 18.9 Å². The lowest BCUT2D eigenvalue weighted by Gasteiger charge is -2.10. The number of nitrogens with one attached hydrogen (secondary N) is 4. The van der Waals surface area contributed by atoms with Crippen molar-refractivity contribution in [1.29, 1.82) is 0 Å². The van der Waals surface area contributed by atoms with Crippen LogP contribution in [0.1, 0.15) is 22.5 Å². The highest BCUT2D eigenvalue weighted by molar-refractivity contribution is 7.88. The molecule has 0 bridgehead atoms. The van der Waals surface area contributed by atoms with Gasteiger partial charge in [0.25, 0.3) is 0 Å². The molecular formula is C18H31N7O3S. The van der Waals surface area contributed by atoms with Crippen molar-refractivity contribution in [3.8, 4) is 0 Å². The molecule has 2 rings (SSSR count). The van der Waals surface area contributed by atoms with Crippen molar-refractivity contribution >= 4 is 45.8 Å². The lowest BCUT2D eigenvalue weighted by atomic mass is 10.1. The van der Waals surface area contributed by atoms with Crippen LogP contribution in [0.2, 0.25) is 0 Å². The average Bonchev–Trinajstić information content (AvgIpc) is 2.63. The molecule has 0 spiro atoms. The van der Waals surface area contributed by atoms with Gasteiger partial charge < -0.3 is 5.32 Å². The summed E-state index contributed by atoms with van der Waals surface area (Å²) in [5.74, 6) is 0.874. The molecule has 0 saturated carbocycles. The first kappa shape index (κ1) is 22.0. The number of carbonyl (C=O) groups is 1. The second kappa shape index (κ2) is 9.75. The number of pyridine rings is 1. The third-order valence-electron chi connectivity index (χ3n) is 3.52. The minimum atomic E-state index is -3.26. The van der Waals surface area contributed by atoms with E-state index in [1.165, 1.54) is 0 Å². The number of rotatable bonds is 9. The van der Waals surface area contributed by atoms with Gasteiger partial charge in [-0.1, -0.05) is 25.3 Å². The summed E-state index contributed by atoms with van der Waals surface area (Å²) in [6.07, 6.45) is 5.95. The van der Waals surface area contributed by atoms with Crippen LogP contribution in [-0.2, 0) is 10.0 Å². The average molecular weight is 426 g/mol. The summed E-state index contributed by atoms with van der Waals surface area (Å²) in [6, 6.07) is 2.78. The Labute approximate surface area is 175 Å². The molecule has 0 aliphatic heterocycles.